The van der Waals surface area contributed by atoms with Gasteiger partial charge < -0.3 is 15.4 Å². The van der Waals surface area contributed by atoms with Gasteiger partial charge in [0.1, 0.15) is 5.69 Å². The number of carbonyl (C=O) groups is 1. The molecule has 1 heterocycles. The molecule has 0 bridgehead atoms. The first-order valence-corrected chi connectivity index (χ1v) is 5.48. The Kier molecular flexibility index (Phi) is 3.99. The van der Waals surface area contributed by atoms with E-state index in [9.17, 15) is 9.90 Å². The van der Waals surface area contributed by atoms with Crippen LogP contribution in [0.15, 0.2) is 12.3 Å². The number of aromatic nitrogens is 1. The van der Waals surface area contributed by atoms with E-state index in [1.165, 1.54) is 0 Å². The lowest BCUT2D eigenvalue weighted by Crippen LogP contribution is -2.46. The molecule has 1 amide bonds. The molecule has 1 atom stereocenters. The van der Waals surface area contributed by atoms with Gasteiger partial charge in [0.05, 0.1) is 17.7 Å². The van der Waals surface area contributed by atoms with Crippen molar-refractivity contribution in [2.45, 2.75) is 26.8 Å². The average molecular weight is 245 g/mol. The molecule has 0 fully saturated rings. The van der Waals surface area contributed by atoms with Crippen molar-refractivity contribution in [2.75, 3.05) is 6.61 Å². The van der Waals surface area contributed by atoms with Crippen LogP contribution in [0.4, 0.5) is 0 Å². The Bertz CT molecular complexity index is 368. The van der Waals surface area contributed by atoms with E-state index in [4.69, 9.17) is 11.6 Å². The molecule has 0 saturated heterocycles. The Hall–Kier alpha value is -1.00. The minimum Gasteiger partial charge on any atom is -0.394 e. The molecule has 5 heteroatoms. The van der Waals surface area contributed by atoms with Crippen molar-refractivity contribution in [3.05, 3.63) is 23.0 Å². The number of rotatable bonds is 3. The summed E-state index contributed by atoms with van der Waals surface area (Å²) in [5.74, 6) is -0.263. The average Bonchev–Trinajstić information content (AvgIpc) is 2.59. The Labute approximate surface area is 100 Å². The molecule has 3 N–H and O–H groups in total. The minimum absolute atomic E-state index is 0.0936. The van der Waals surface area contributed by atoms with Gasteiger partial charge in [-0.25, -0.2) is 0 Å². The fourth-order valence-electron chi connectivity index (χ4n) is 1.27. The third-order valence-corrected chi connectivity index (χ3v) is 2.64. The quantitative estimate of drug-likeness (QED) is 0.759. The number of hydrogen-bond acceptors (Lipinski definition) is 2. The number of H-pyrrole nitrogens is 1. The number of amides is 1. The van der Waals surface area contributed by atoms with Crippen molar-refractivity contribution in [3.8, 4) is 0 Å². The van der Waals surface area contributed by atoms with Gasteiger partial charge in [-0.1, -0.05) is 32.4 Å². The summed E-state index contributed by atoms with van der Waals surface area (Å²) in [4.78, 5) is 14.5. The van der Waals surface area contributed by atoms with Crippen molar-refractivity contribution < 1.29 is 9.90 Å². The molecule has 1 aromatic rings. The Morgan fingerprint density at radius 3 is 2.62 bits per heavy atom. The fourth-order valence-corrected chi connectivity index (χ4v) is 1.43. The Balaban J connectivity index is 2.70. The van der Waals surface area contributed by atoms with Gasteiger partial charge in [-0.15, -0.1) is 0 Å². The number of aliphatic hydroxyl groups is 1. The van der Waals surface area contributed by atoms with Crippen LogP contribution in [0.2, 0.25) is 5.02 Å². The van der Waals surface area contributed by atoms with Crippen molar-refractivity contribution >= 4 is 17.5 Å². The molecule has 0 radical (unpaired) electrons. The maximum atomic E-state index is 11.8. The van der Waals surface area contributed by atoms with E-state index < -0.39 is 0 Å². The highest BCUT2D eigenvalue weighted by atomic mass is 35.5. The maximum Gasteiger partial charge on any atom is 0.268 e. The Morgan fingerprint density at radius 2 is 2.25 bits per heavy atom. The van der Waals surface area contributed by atoms with E-state index in [1.54, 1.807) is 12.3 Å². The third kappa shape index (κ3) is 3.25. The second-order valence-corrected chi connectivity index (χ2v) is 5.24. The molecule has 1 rings (SSSR count). The van der Waals surface area contributed by atoms with Crippen LogP contribution in [0.3, 0.4) is 0 Å². The number of hydrogen-bond donors (Lipinski definition) is 3. The van der Waals surface area contributed by atoms with Crippen LogP contribution >= 0.6 is 11.6 Å². The van der Waals surface area contributed by atoms with Gasteiger partial charge in [0.2, 0.25) is 0 Å². The summed E-state index contributed by atoms with van der Waals surface area (Å²) in [6.07, 6.45) is 1.54. The number of carbonyl (C=O) groups excluding carboxylic acids is 1. The number of aromatic amines is 1. The summed E-state index contributed by atoms with van der Waals surface area (Å²) in [5.41, 5.74) is 0.202. The van der Waals surface area contributed by atoms with E-state index in [-0.39, 0.29) is 24.0 Å². The Morgan fingerprint density at radius 1 is 1.62 bits per heavy atom. The molecule has 0 aliphatic heterocycles. The molecule has 0 aliphatic rings. The predicted molar refractivity (Wildman–Crippen MR) is 63.6 cm³/mol. The van der Waals surface area contributed by atoms with Crippen molar-refractivity contribution in [2.24, 2.45) is 5.41 Å². The second kappa shape index (κ2) is 4.89. The molecule has 0 aromatic carbocycles. The molecule has 1 aromatic heterocycles. The normalized spacial score (nSPS) is 13.6. The zero-order valence-electron chi connectivity index (χ0n) is 9.67. The molecule has 16 heavy (non-hydrogen) atoms. The standard InChI is InChI=1S/C11H17ClN2O2/c1-11(2,3)9(6-15)14-10(16)8-4-7(12)5-13-8/h4-5,9,13,15H,6H2,1-3H3,(H,14,16). The van der Waals surface area contributed by atoms with Crippen LogP contribution in [0.25, 0.3) is 0 Å². The number of aliphatic hydroxyl groups excluding tert-OH is 1. The van der Waals surface area contributed by atoms with Gasteiger partial charge in [0.25, 0.3) is 5.91 Å². The molecule has 1 unspecified atom stereocenters. The maximum absolute atomic E-state index is 11.8. The van der Waals surface area contributed by atoms with Crippen LogP contribution in [0.1, 0.15) is 31.3 Å². The smallest absolute Gasteiger partial charge is 0.268 e. The zero-order chi connectivity index (χ0) is 12.3. The summed E-state index contributed by atoms with van der Waals surface area (Å²) in [7, 11) is 0. The lowest BCUT2D eigenvalue weighted by molar-refractivity contribution is 0.0843. The first-order chi connectivity index (χ1) is 7.34. The van der Waals surface area contributed by atoms with Gasteiger partial charge in [0.15, 0.2) is 0 Å². The molecule has 90 valence electrons. The van der Waals surface area contributed by atoms with E-state index in [2.05, 4.69) is 10.3 Å². The molecule has 0 aliphatic carbocycles. The fraction of sp³-hybridized carbons (Fsp3) is 0.545. The molecule has 4 nitrogen and oxygen atoms in total. The van der Waals surface area contributed by atoms with Crippen LogP contribution in [-0.4, -0.2) is 28.6 Å². The van der Waals surface area contributed by atoms with Crippen molar-refractivity contribution in [1.82, 2.24) is 10.3 Å². The first kappa shape index (κ1) is 13.1. The van der Waals surface area contributed by atoms with E-state index >= 15 is 0 Å². The SMILES string of the molecule is CC(C)(C)C(CO)NC(=O)c1cc(Cl)c[nH]1. The van der Waals surface area contributed by atoms with Gasteiger partial charge >= 0.3 is 0 Å². The topological polar surface area (TPSA) is 65.1 Å². The van der Waals surface area contributed by atoms with Crippen LogP contribution in [-0.2, 0) is 0 Å². The number of halogens is 1. The summed E-state index contributed by atoms with van der Waals surface area (Å²) >= 11 is 5.70. The minimum atomic E-state index is -0.290. The lowest BCUT2D eigenvalue weighted by atomic mass is 9.87. The van der Waals surface area contributed by atoms with E-state index in [0.717, 1.165) is 0 Å². The van der Waals surface area contributed by atoms with Crippen LogP contribution in [0.5, 0.6) is 0 Å². The third-order valence-electron chi connectivity index (χ3n) is 2.43. The first-order valence-electron chi connectivity index (χ1n) is 5.10. The number of nitrogens with one attached hydrogen (secondary N) is 2. The van der Waals surface area contributed by atoms with Crippen LogP contribution < -0.4 is 5.32 Å². The molecule has 0 spiro atoms. The second-order valence-electron chi connectivity index (χ2n) is 4.81. The summed E-state index contributed by atoms with van der Waals surface area (Å²) < 4.78 is 0. The van der Waals surface area contributed by atoms with Gasteiger partial charge in [-0.3, -0.25) is 4.79 Å². The lowest BCUT2D eigenvalue weighted by Gasteiger charge is -2.29. The highest BCUT2D eigenvalue weighted by Gasteiger charge is 2.26. The van der Waals surface area contributed by atoms with Gasteiger partial charge in [0, 0.05) is 6.20 Å². The van der Waals surface area contributed by atoms with Gasteiger partial charge in [-0.05, 0) is 11.5 Å². The van der Waals surface area contributed by atoms with E-state index in [1.807, 2.05) is 20.8 Å². The summed E-state index contributed by atoms with van der Waals surface area (Å²) in [5, 5.41) is 12.5. The highest BCUT2D eigenvalue weighted by molar-refractivity contribution is 6.30. The molecular formula is C11H17ClN2O2. The monoisotopic (exact) mass is 244 g/mol. The summed E-state index contributed by atoms with van der Waals surface area (Å²) in [6, 6.07) is 1.26. The zero-order valence-corrected chi connectivity index (χ0v) is 10.4. The van der Waals surface area contributed by atoms with Crippen molar-refractivity contribution in [1.29, 1.82) is 0 Å². The predicted octanol–water partition coefficient (Wildman–Crippen LogP) is 1.80. The largest absolute Gasteiger partial charge is 0.394 e. The van der Waals surface area contributed by atoms with Crippen LogP contribution in [0, 0.1) is 5.41 Å². The molecular weight excluding hydrogens is 228 g/mol. The summed E-state index contributed by atoms with van der Waals surface area (Å²) in [6.45, 7) is 5.77. The van der Waals surface area contributed by atoms with E-state index in [0.29, 0.717) is 10.7 Å². The van der Waals surface area contributed by atoms with Gasteiger partial charge in [-0.2, -0.15) is 0 Å². The van der Waals surface area contributed by atoms with Crippen molar-refractivity contribution in [3.63, 3.8) is 0 Å². The highest BCUT2D eigenvalue weighted by Crippen LogP contribution is 2.19. The molecule has 0 saturated carbocycles.